The Bertz CT molecular complexity index is 1010. The molecule has 0 spiro atoms. The minimum atomic E-state index is -3.66. The fourth-order valence-electron chi connectivity index (χ4n) is 3.65. The molecule has 0 radical (unpaired) electrons. The first-order valence-corrected chi connectivity index (χ1v) is 12.3. The zero-order valence-electron chi connectivity index (χ0n) is 19.2. The second kappa shape index (κ2) is 10.0. The number of hydrogen-bond donors (Lipinski definition) is 2. The van der Waals surface area contributed by atoms with Gasteiger partial charge in [0.2, 0.25) is 15.9 Å². The van der Waals surface area contributed by atoms with Crippen molar-refractivity contribution in [3.63, 3.8) is 0 Å². The Labute approximate surface area is 191 Å². The number of methoxy groups -OCH3 is 1. The highest BCUT2D eigenvalue weighted by atomic mass is 32.2. The van der Waals surface area contributed by atoms with Gasteiger partial charge in [-0.3, -0.25) is 4.79 Å². The van der Waals surface area contributed by atoms with Gasteiger partial charge in [-0.1, -0.05) is 32.9 Å². The summed E-state index contributed by atoms with van der Waals surface area (Å²) in [6.07, 6.45) is 1.31. The van der Waals surface area contributed by atoms with E-state index in [-0.39, 0.29) is 35.3 Å². The van der Waals surface area contributed by atoms with Gasteiger partial charge in [-0.05, 0) is 53.8 Å². The molecule has 7 nitrogen and oxygen atoms in total. The lowest BCUT2D eigenvalue weighted by Gasteiger charge is -2.19. The molecule has 1 aliphatic heterocycles. The number of benzene rings is 2. The van der Waals surface area contributed by atoms with E-state index in [9.17, 15) is 13.2 Å². The SMILES string of the molecule is COC1CCN(c2ccc(NC(=O)CCNS(=O)(=O)c3ccc(C(C)(C)C)cc3)cc2)C1. The molecule has 2 aromatic rings. The number of carbonyl (C=O) groups excluding carboxylic acids is 1. The molecule has 1 atom stereocenters. The fourth-order valence-corrected chi connectivity index (χ4v) is 4.68. The minimum absolute atomic E-state index is 0.0272. The van der Waals surface area contributed by atoms with Crippen molar-refractivity contribution < 1.29 is 17.9 Å². The van der Waals surface area contributed by atoms with E-state index in [4.69, 9.17) is 4.74 Å². The van der Waals surface area contributed by atoms with E-state index in [1.54, 1.807) is 19.2 Å². The monoisotopic (exact) mass is 459 g/mol. The molecular weight excluding hydrogens is 426 g/mol. The van der Waals surface area contributed by atoms with Crippen molar-refractivity contribution in [1.29, 1.82) is 0 Å². The van der Waals surface area contributed by atoms with Crippen LogP contribution in [-0.4, -0.2) is 47.2 Å². The first-order chi connectivity index (χ1) is 15.1. The fraction of sp³-hybridized carbons (Fsp3) is 0.458. The summed E-state index contributed by atoms with van der Waals surface area (Å²) in [5.41, 5.74) is 2.78. The van der Waals surface area contributed by atoms with Gasteiger partial charge in [-0.25, -0.2) is 13.1 Å². The van der Waals surface area contributed by atoms with Gasteiger partial charge in [0, 0.05) is 44.5 Å². The lowest BCUT2D eigenvalue weighted by molar-refractivity contribution is -0.116. The number of amides is 1. The highest BCUT2D eigenvalue weighted by molar-refractivity contribution is 7.89. The summed E-state index contributed by atoms with van der Waals surface area (Å²) < 4.78 is 32.9. The molecule has 3 rings (SSSR count). The molecule has 1 fully saturated rings. The predicted molar refractivity (Wildman–Crippen MR) is 128 cm³/mol. The standard InChI is InChI=1S/C24H33N3O4S/c1-24(2,3)18-5-11-22(12-6-18)32(29,30)25-15-13-23(28)26-19-7-9-20(10-8-19)27-16-14-21(17-27)31-4/h5-12,21,25H,13-17H2,1-4H3,(H,26,28). The quantitative estimate of drug-likeness (QED) is 0.631. The average molecular weight is 460 g/mol. The van der Waals surface area contributed by atoms with Crippen LogP contribution < -0.4 is 14.9 Å². The van der Waals surface area contributed by atoms with Crippen LogP contribution in [-0.2, 0) is 25.0 Å². The molecular formula is C24H33N3O4S. The molecule has 0 saturated carbocycles. The smallest absolute Gasteiger partial charge is 0.240 e. The topological polar surface area (TPSA) is 87.7 Å². The number of sulfonamides is 1. The number of ether oxygens (including phenoxy) is 1. The number of nitrogens with zero attached hydrogens (tertiary/aromatic N) is 1. The van der Waals surface area contributed by atoms with Gasteiger partial charge in [-0.15, -0.1) is 0 Å². The maximum Gasteiger partial charge on any atom is 0.240 e. The van der Waals surface area contributed by atoms with Gasteiger partial charge in [0.15, 0.2) is 0 Å². The predicted octanol–water partition coefficient (Wildman–Crippen LogP) is 3.52. The summed E-state index contributed by atoms with van der Waals surface area (Å²) in [7, 11) is -1.93. The Morgan fingerprint density at radius 3 is 2.31 bits per heavy atom. The molecule has 174 valence electrons. The van der Waals surface area contributed by atoms with Crippen LogP contribution in [0.3, 0.4) is 0 Å². The zero-order valence-corrected chi connectivity index (χ0v) is 20.0. The molecule has 0 bridgehead atoms. The Kier molecular flexibility index (Phi) is 7.59. The molecule has 8 heteroatoms. The Morgan fingerprint density at radius 1 is 1.09 bits per heavy atom. The van der Waals surface area contributed by atoms with Crippen LogP contribution in [0.15, 0.2) is 53.4 Å². The highest BCUT2D eigenvalue weighted by Crippen LogP contribution is 2.24. The molecule has 32 heavy (non-hydrogen) atoms. The van der Waals surface area contributed by atoms with Crippen molar-refractivity contribution >= 4 is 27.3 Å². The third kappa shape index (κ3) is 6.31. The summed E-state index contributed by atoms with van der Waals surface area (Å²) in [5.74, 6) is -0.246. The summed E-state index contributed by atoms with van der Waals surface area (Å²) >= 11 is 0. The van der Waals surface area contributed by atoms with Crippen molar-refractivity contribution in [3.05, 3.63) is 54.1 Å². The number of rotatable bonds is 8. The van der Waals surface area contributed by atoms with Crippen molar-refractivity contribution in [2.45, 2.75) is 50.0 Å². The second-order valence-corrected chi connectivity index (χ2v) is 10.9. The molecule has 2 aromatic carbocycles. The van der Waals surface area contributed by atoms with Crippen LogP contribution in [0.1, 0.15) is 39.2 Å². The van der Waals surface area contributed by atoms with Gasteiger partial charge < -0.3 is 15.0 Å². The maximum atomic E-state index is 12.5. The van der Waals surface area contributed by atoms with Crippen LogP contribution in [0, 0.1) is 0 Å². The van der Waals surface area contributed by atoms with Gasteiger partial charge in [-0.2, -0.15) is 0 Å². The normalized spacial score (nSPS) is 16.9. The Morgan fingerprint density at radius 2 is 1.75 bits per heavy atom. The molecule has 1 saturated heterocycles. The lowest BCUT2D eigenvalue weighted by atomic mass is 9.87. The van der Waals surface area contributed by atoms with Gasteiger partial charge in [0.25, 0.3) is 0 Å². The molecule has 1 heterocycles. The number of anilines is 2. The highest BCUT2D eigenvalue weighted by Gasteiger charge is 2.22. The Hall–Kier alpha value is -2.42. The molecule has 1 unspecified atom stereocenters. The molecule has 1 aliphatic rings. The largest absolute Gasteiger partial charge is 0.380 e. The van der Waals surface area contributed by atoms with Crippen LogP contribution >= 0.6 is 0 Å². The summed E-state index contributed by atoms with van der Waals surface area (Å²) in [6, 6.07) is 14.5. The van der Waals surface area contributed by atoms with Gasteiger partial charge >= 0.3 is 0 Å². The average Bonchev–Trinajstić information content (AvgIpc) is 3.23. The molecule has 0 aliphatic carbocycles. The first-order valence-electron chi connectivity index (χ1n) is 10.9. The zero-order chi connectivity index (χ0) is 23.4. The van der Waals surface area contributed by atoms with E-state index in [0.717, 1.165) is 30.8 Å². The molecule has 2 N–H and O–H groups in total. The molecule has 0 aromatic heterocycles. The summed E-state index contributed by atoms with van der Waals surface area (Å²) in [5, 5.41) is 2.81. The maximum absolute atomic E-state index is 12.5. The van der Waals surface area contributed by atoms with Gasteiger partial charge in [0.05, 0.1) is 11.0 Å². The van der Waals surface area contributed by atoms with Crippen LogP contribution in [0.5, 0.6) is 0 Å². The number of nitrogens with one attached hydrogen (secondary N) is 2. The van der Waals surface area contributed by atoms with Crippen LogP contribution in [0.2, 0.25) is 0 Å². The van der Waals surface area contributed by atoms with E-state index in [1.165, 1.54) is 0 Å². The van der Waals surface area contributed by atoms with Crippen molar-refractivity contribution in [2.24, 2.45) is 0 Å². The summed E-state index contributed by atoms with van der Waals surface area (Å²) in [4.78, 5) is 14.7. The minimum Gasteiger partial charge on any atom is -0.380 e. The van der Waals surface area contributed by atoms with E-state index >= 15 is 0 Å². The van der Waals surface area contributed by atoms with Crippen LogP contribution in [0.25, 0.3) is 0 Å². The lowest BCUT2D eigenvalue weighted by Crippen LogP contribution is -2.28. The third-order valence-corrected chi connectivity index (χ3v) is 7.15. The van der Waals surface area contributed by atoms with Crippen molar-refractivity contribution in [1.82, 2.24) is 4.72 Å². The van der Waals surface area contributed by atoms with E-state index in [1.807, 2.05) is 36.4 Å². The van der Waals surface area contributed by atoms with Gasteiger partial charge in [0.1, 0.15) is 0 Å². The second-order valence-electron chi connectivity index (χ2n) is 9.11. The van der Waals surface area contributed by atoms with Crippen LogP contribution in [0.4, 0.5) is 11.4 Å². The first kappa shape index (κ1) is 24.2. The van der Waals surface area contributed by atoms with E-state index in [2.05, 4.69) is 35.7 Å². The van der Waals surface area contributed by atoms with E-state index in [0.29, 0.717) is 5.69 Å². The molecule has 1 amide bonds. The van der Waals surface area contributed by atoms with Crippen molar-refractivity contribution in [3.8, 4) is 0 Å². The Balaban J connectivity index is 1.47. The number of carbonyl (C=O) groups is 1. The van der Waals surface area contributed by atoms with Crippen molar-refractivity contribution in [2.75, 3.05) is 37.0 Å². The summed E-state index contributed by atoms with van der Waals surface area (Å²) in [6.45, 7) is 8.06. The van der Waals surface area contributed by atoms with E-state index < -0.39 is 10.0 Å². The number of hydrogen-bond acceptors (Lipinski definition) is 5. The third-order valence-electron chi connectivity index (χ3n) is 5.67.